The Morgan fingerprint density at radius 1 is 1.40 bits per heavy atom. The first-order valence-corrected chi connectivity index (χ1v) is 5.22. The lowest BCUT2D eigenvalue weighted by Gasteiger charge is -2.25. The molecule has 3 heteroatoms. The van der Waals surface area contributed by atoms with Crippen LogP contribution in [0.1, 0.15) is 18.9 Å². The van der Waals surface area contributed by atoms with Gasteiger partial charge < -0.3 is 14.9 Å². The van der Waals surface area contributed by atoms with Gasteiger partial charge in [0.25, 0.3) is 0 Å². The van der Waals surface area contributed by atoms with Crippen LogP contribution in [0.3, 0.4) is 0 Å². The van der Waals surface area contributed by atoms with E-state index in [9.17, 15) is 5.11 Å². The van der Waals surface area contributed by atoms with Crippen LogP contribution in [-0.2, 0) is 11.2 Å². The lowest BCUT2D eigenvalue weighted by molar-refractivity contribution is -0.0268. The molecule has 3 nitrogen and oxygen atoms in total. The molecule has 0 aromatic heterocycles. The van der Waals surface area contributed by atoms with Crippen molar-refractivity contribution in [3.8, 4) is 5.75 Å². The Hall–Kier alpha value is -1.06. The Labute approximate surface area is 89.3 Å². The summed E-state index contributed by atoms with van der Waals surface area (Å²) in [5.74, 6) is 0.251. The average molecular weight is 208 g/mol. The van der Waals surface area contributed by atoms with Crippen molar-refractivity contribution in [2.24, 2.45) is 0 Å². The minimum Gasteiger partial charge on any atom is -0.508 e. The molecule has 2 rings (SSSR count). The molecule has 82 valence electrons. The lowest BCUT2D eigenvalue weighted by Crippen LogP contribution is -2.38. The van der Waals surface area contributed by atoms with Crippen LogP contribution in [0, 0.1) is 0 Å². The molecular weight excluding hydrogens is 192 g/mol. The summed E-state index contributed by atoms with van der Waals surface area (Å²) in [5, 5.41) is 19.4. The third kappa shape index (κ3) is 2.13. The first-order chi connectivity index (χ1) is 7.10. The van der Waals surface area contributed by atoms with Crippen LogP contribution in [0.2, 0.25) is 0 Å². The number of aromatic hydroxyl groups is 1. The van der Waals surface area contributed by atoms with Gasteiger partial charge in [0.1, 0.15) is 5.75 Å². The quantitative estimate of drug-likeness (QED) is 0.774. The van der Waals surface area contributed by atoms with E-state index in [4.69, 9.17) is 9.84 Å². The van der Waals surface area contributed by atoms with E-state index >= 15 is 0 Å². The largest absolute Gasteiger partial charge is 0.508 e. The Balaban J connectivity index is 2.11. The van der Waals surface area contributed by atoms with Gasteiger partial charge in [-0.25, -0.2) is 0 Å². The summed E-state index contributed by atoms with van der Waals surface area (Å²) in [6.45, 7) is 2.52. The van der Waals surface area contributed by atoms with Crippen LogP contribution < -0.4 is 0 Å². The second-order valence-corrected chi connectivity index (χ2v) is 4.21. The van der Waals surface area contributed by atoms with Crippen LogP contribution in [-0.4, -0.2) is 28.5 Å². The van der Waals surface area contributed by atoms with Gasteiger partial charge in [-0.3, -0.25) is 0 Å². The molecule has 1 fully saturated rings. The Morgan fingerprint density at radius 2 is 2.07 bits per heavy atom. The molecule has 2 unspecified atom stereocenters. The van der Waals surface area contributed by atoms with Gasteiger partial charge in [0.05, 0.1) is 11.7 Å². The molecule has 1 aromatic rings. The van der Waals surface area contributed by atoms with Crippen molar-refractivity contribution in [3.05, 3.63) is 29.8 Å². The number of rotatable bonds is 2. The SMILES string of the molecule is CC1OCCC1(O)Cc1ccc(O)cc1. The van der Waals surface area contributed by atoms with Gasteiger partial charge in [0.2, 0.25) is 0 Å². The summed E-state index contributed by atoms with van der Waals surface area (Å²) in [7, 11) is 0. The summed E-state index contributed by atoms with van der Waals surface area (Å²) in [6.07, 6.45) is 1.13. The van der Waals surface area contributed by atoms with Gasteiger partial charge in [-0.1, -0.05) is 12.1 Å². The lowest BCUT2D eigenvalue weighted by atomic mass is 9.89. The molecule has 1 aromatic carbocycles. The zero-order valence-corrected chi connectivity index (χ0v) is 8.81. The van der Waals surface area contributed by atoms with Gasteiger partial charge in [0.15, 0.2) is 0 Å². The third-order valence-electron chi connectivity index (χ3n) is 3.11. The summed E-state index contributed by atoms with van der Waals surface area (Å²) in [5.41, 5.74) is 0.268. The zero-order valence-electron chi connectivity index (χ0n) is 8.81. The van der Waals surface area contributed by atoms with E-state index in [0.29, 0.717) is 19.4 Å². The highest BCUT2D eigenvalue weighted by atomic mass is 16.5. The fraction of sp³-hybridized carbons (Fsp3) is 0.500. The van der Waals surface area contributed by atoms with E-state index in [1.165, 1.54) is 0 Å². The van der Waals surface area contributed by atoms with Crippen LogP contribution in [0.4, 0.5) is 0 Å². The van der Waals surface area contributed by atoms with E-state index in [0.717, 1.165) is 5.56 Å². The minimum atomic E-state index is -0.753. The molecule has 0 saturated carbocycles. The van der Waals surface area contributed by atoms with Gasteiger partial charge in [0, 0.05) is 19.4 Å². The second-order valence-electron chi connectivity index (χ2n) is 4.21. The fourth-order valence-electron chi connectivity index (χ4n) is 1.97. The highest BCUT2D eigenvalue weighted by Crippen LogP contribution is 2.29. The fourth-order valence-corrected chi connectivity index (χ4v) is 1.97. The van der Waals surface area contributed by atoms with Crippen LogP contribution in [0.25, 0.3) is 0 Å². The predicted octanol–water partition coefficient (Wildman–Crippen LogP) is 1.47. The van der Waals surface area contributed by atoms with Crippen molar-refractivity contribution in [1.29, 1.82) is 0 Å². The molecule has 0 aliphatic carbocycles. The zero-order chi connectivity index (χ0) is 10.9. The molecule has 1 heterocycles. The topological polar surface area (TPSA) is 49.7 Å². The van der Waals surface area contributed by atoms with Crippen molar-refractivity contribution < 1.29 is 14.9 Å². The maximum atomic E-state index is 10.3. The smallest absolute Gasteiger partial charge is 0.115 e. The Bertz CT molecular complexity index is 333. The molecule has 1 aliphatic heterocycles. The van der Waals surface area contributed by atoms with Crippen molar-refractivity contribution >= 4 is 0 Å². The first-order valence-electron chi connectivity index (χ1n) is 5.22. The van der Waals surface area contributed by atoms with Crippen molar-refractivity contribution in [2.75, 3.05) is 6.61 Å². The standard InChI is InChI=1S/C12H16O3/c1-9-12(14,6-7-15-9)8-10-2-4-11(13)5-3-10/h2-5,9,13-14H,6-8H2,1H3. The van der Waals surface area contributed by atoms with Crippen LogP contribution >= 0.6 is 0 Å². The minimum absolute atomic E-state index is 0.119. The van der Waals surface area contributed by atoms with Crippen molar-refractivity contribution in [2.45, 2.75) is 31.5 Å². The maximum Gasteiger partial charge on any atom is 0.115 e. The van der Waals surface area contributed by atoms with Gasteiger partial charge >= 0.3 is 0 Å². The highest BCUT2D eigenvalue weighted by Gasteiger charge is 2.39. The molecule has 0 radical (unpaired) electrons. The Morgan fingerprint density at radius 3 is 2.60 bits per heavy atom. The summed E-state index contributed by atoms with van der Waals surface area (Å²) < 4.78 is 5.36. The molecule has 15 heavy (non-hydrogen) atoms. The molecule has 0 amide bonds. The molecule has 0 bridgehead atoms. The molecule has 1 saturated heterocycles. The Kier molecular flexibility index (Phi) is 2.67. The number of phenolic OH excluding ortho intramolecular Hbond substituents is 1. The molecule has 1 aliphatic rings. The highest BCUT2D eigenvalue weighted by molar-refractivity contribution is 5.27. The van der Waals surface area contributed by atoms with Gasteiger partial charge in [-0.15, -0.1) is 0 Å². The first kappa shape index (κ1) is 10.5. The molecule has 2 N–H and O–H groups in total. The molecule has 0 spiro atoms. The molecule has 2 atom stereocenters. The second kappa shape index (κ2) is 3.83. The van der Waals surface area contributed by atoms with Crippen molar-refractivity contribution in [1.82, 2.24) is 0 Å². The summed E-state index contributed by atoms with van der Waals surface area (Å²) in [4.78, 5) is 0. The predicted molar refractivity (Wildman–Crippen MR) is 56.8 cm³/mol. The number of hydrogen-bond donors (Lipinski definition) is 2. The normalized spacial score (nSPS) is 30.7. The maximum absolute atomic E-state index is 10.3. The van der Waals surface area contributed by atoms with E-state index in [2.05, 4.69) is 0 Å². The van der Waals surface area contributed by atoms with Crippen LogP contribution in [0.15, 0.2) is 24.3 Å². The molecular formula is C12H16O3. The van der Waals surface area contributed by atoms with Crippen molar-refractivity contribution in [3.63, 3.8) is 0 Å². The summed E-state index contributed by atoms with van der Waals surface area (Å²) in [6, 6.07) is 6.94. The van der Waals surface area contributed by atoms with Crippen LogP contribution in [0.5, 0.6) is 5.75 Å². The third-order valence-corrected chi connectivity index (χ3v) is 3.11. The van der Waals surface area contributed by atoms with E-state index < -0.39 is 5.60 Å². The number of aliphatic hydroxyl groups is 1. The van der Waals surface area contributed by atoms with Gasteiger partial charge in [-0.05, 0) is 24.6 Å². The number of hydrogen-bond acceptors (Lipinski definition) is 3. The van der Waals surface area contributed by atoms with E-state index in [1.54, 1.807) is 12.1 Å². The average Bonchev–Trinajstić information content (AvgIpc) is 2.51. The van der Waals surface area contributed by atoms with E-state index in [1.807, 2.05) is 19.1 Å². The number of benzene rings is 1. The number of ether oxygens (including phenoxy) is 1. The summed E-state index contributed by atoms with van der Waals surface area (Å²) >= 11 is 0. The van der Waals surface area contributed by atoms with Gasteiger partial charge in [-0.2, -0.15) is 0 Å². The van der Waals surface area contributed by atoms with E-state index in [-0.39, 0.29) is 11.9 Å². The number of phenols is 1. The monoisotopic (exact) mass is 208 g/mol.